The van der Waals surface area contributed by atoms with Crippen molar-refractivity contribution in [3.63, 3.8) is 0 Å². The molecule has 1 heterocycles. The Morgan fingerprint density at radius 1 is 1.04 bits per heavy atom. The predicted molar refractivity (Wildman–Crippen MR) is 96.2 cm³/mol. The summed E-state index contributed by atoms with van der Waals surface area (Å²) in [5.74, 6) is -1.79. The van der Waals surface area contributed by atoms with Gasteiger partial charge in [0.1, 0.15) is 16.5 Å². The van der Waals surface area contributed by atoms with Crippen LogP contribution in [-0.4, -0.2) is 11.8 Å². The molecular formula is C18H13Cl2FN2O2. The summed E-state index contributed by atoms with van der Waals surface area (Å²) in [4.78, 5) is 26.0. The van der Waals surface area contributed by atoms with E-state index < -0.39 is 17.6 Å². The maximum atomic E-state index is 13.2. The van der Waals surface area contributed by atoms with Crippen LogP contribution in [0.3, 0.4) is 0 Å². The highest BCUT2D eigenvalue weighted by atomic mass is 35.5. The minimum atomic E-state index is -0.619. The molecule has 1 aliphatic heterocycles. The normalized spacial score (nSPS) is 14.5. The number of carbonyl (C=O) groups excluding carboxylic acids is 2. The predicted octanol–water partition coefficient (Wildman–Crippen LogP) is 4.48. The lowest BCUT2D eigenvalue weighted by molar-refractivity contribution is -0.120. The van der Waals surface area contributed by atoms with Crippen LogP contribution in [0.2, 0.25) is 5.02 Å². The highest BCUT2D eigenvalue weighted by Crippen LogP contribution is 2.31. The minimum Gasteiger partial charge on any atom is -0.350 e. The first-order valence-electron chi connectivity index (χ1n) is 7.52. The van der Waals surface area contributed by atoms with Crippen LogP contribution in [0, 0.1) is 5.82 Å². The highest BCUT2D eigenvalue weighted by Gasteiger charge is 2.38. The number of hydrogen-bond donors (Lipinski definition) is 1. The lowest BCUT2D eigenvalue weighted by Gasteiger charge is -2.15. The zero-order valence-corrected chi connectivity index (χ0v) is 14.7. The molecule has 0 fully saturated rings. The second-order valence-electron chi connectivity index (χ2n) is 5.41. The third-order valence-electron chi connectivity index (χ3n) is 3.82. The van der Waals surface area contributed by atoms with Crippen molar-refractivity contribution in [2.75, 3.05) is 10.2 Å². The molecule has 25 heavy (non-hydrogen) atoms. The molecule has 0 unspecified atom stereocenters. The van der Waals surface area contributed by atoms with Gasteiger partial charge in [0, 0.05) is 5.69 Å². The number of halogens is 3. The van der Waals surface area contributed by atoms with Crippen molar-refractivity contribution in [1.29, 1.82) is 0 Å². The molecule has 0 saturated heterocycles. The molecule has 2 aromatic carbocycles. The fourth-order valence-electron chi connectivity index (χ4n) is 2.44. The number of anilines is 2. The van der Waals surface area contributed by atoms with E-state index in [0.717, 1.165) is 23.0 Å². The van der Waals surface area contributed by atoms with Crippen molar-refractivity contribution in [2.24, 2.45) is 0 Å². The van der Waals surface area contributed by atoms with Gasteiger partial charge in [-0.15, -0.1) is 0 Å². The van der Waals surface area contributed by atoms with E-state index in [1.54, 1.807) is 12.1 Å². The molecule has 0 atom stereocenters. The van der Waals surface area contributed by atoms with Crippen LogP contribution in [0.1, 0.15) is 12.5 Å². The molecule has 0 aromatic heterocycles. The summed E-state index contributed by atoms with van der Waals surface area (Å²) in [6.07, 6.45) is 0.847. The summed E-state index contributed by atoms with van der Waals surface area (Å²) in [6.45, 7) is 2.01. The number of hydrogen-bond acceptors (Lipinski definition) is 3. The first kappa shape index (κ1) is 17.5. The van der Waals surface area contributed by atoms with Gasteiger partial charge >= 0.3 is 0 Å². The second-order valence-corrected chi connectivity index (χ2v) is 6.19. The van der Waals surface area contributed by atoms with Crippen LogP contribution >= 0.6 is 23.2 Å². The minimum absolute atomic E-state index is 0.0751. The van der Waals surface area contributed by atoms with Crippen LogP contribution in [-0.2, 0) is 16.0 Å². The first-order chi connectivity index (χ1) is 11.9. The van der Waals surface area contributed by atoms with Crippen molar-refractivity contribution >= 4 is 46.4 Å². The van der Waals surface area contributed by atoms with E-state index in [9.17, 15) is 14.0 Å². The largest absolute Gasteiger partial charge is 0.350 e. The van der Waals surface area contributed by atoms with E-state index in [2.05, 4.69) is 5.32 Å². The number of nitrogens with zero attached hydrogens (tertiary/aromatic N) is 1. The van der Waals surface area contributed by atoms with E-state index in [4.69, 9.17) is 23.2 Å². The van der Waals surface area contributed by atoms with Gasteiger partial charge in [0.05, 0.1) is 10.7 Å². The first-order valence-corrected chi connectivity index (χ1v) is 8.27. The third-order valence-corrected chi connectivity index (χ3v) is 4.46. The highest BCUT2D eigenvalue weighted by molar-refractivity contribution is 6.53. The van der Waals surface area contributed by atoms with Gasteiger partial charge in [-0.3, -0.25) is 9.59 Å². The molecule has 4 nitrogen and oxygen atoms in total. The molecule has 3 rings (SSSR count). The lowest BCUT2D eigenvalue weighted by Crippen LogP contribution is -2.32. The number of benzene rings is 2. The zero-order chi connectivity index (χ0) is 18.1. The Morgan fingerprint density at radius 2 is 1.72 bits per heavy atom. The van der Waals surface area contributed by atoms with Crippen LogP contribution in [0.25, 0.3) is 0 Å². The molecule has 0 bridgehead atoms. The summed E-state index contributed by atoms with van der Waals surface area (Å²) in [5, 5.41) is 2.41. The van der Waals surface area contributed by atoms with Gasteiger partial charge < -0.3 is 5.32 Å². The molecule has 0 spiro atoms. The van der Waals surface area contributed by atoms with Crippen LogP contribution in [0.5, 0.6) is 0 Å². The Morgan fingerprint density at radius 3 is 2.32 bits per heavy atom. The maximum Gasteiger partial charge on any atom is 0.283 e. The quantitative estimate of drug-likeness (QED) is 0.798. The number of aryl methyl sites for hydroxylation is 1. The van der Waals surface area contributed by atoms with Crippen molar-refractivity contribution < 1.29 is 14.0 Å². The standard InChI is InChI=1S/C18H13Cl2FN2O2/c1-2-10-3-6-12(7-4-10)23-17(24)15(20)16(18(23)25)22-11-5-8-14(21)13(19)9-11/h3-9,22H,2H2,1H3. The van der Waals surface area contributed by atoms with Crippen molar-refractivity contribution in [3.8, 4) is 0 Å². The van der Waals surface area contributed by atoms with Crippen LogP contribution in [0.15, 0.2) is 53.2 Å². The molecule has 2 amide bonds. The smallest absolute Gasteiger partial charge is 0.283 e. The number of amides is 2. The monoisotopic (exact) mass is 378 g/mol. The summed E-state index contributed by atoms with van der Waals surface area (Å²) in [7, 11) is 0. The van der Waals surface area contributed by atoms with Crippen molar-refractivity contribution in [2.45, 2.75) is 13.3 Å². The fourth-order valence-corrected chi connectivity index (χ4v) is 2.84. The number of rotatable bonds is 4. The second kappa shape index (κ2) is 6.86. The molecule has 0 saturated carbocycles. The zero-order valence-electron chi connectivity index (χ0n) is 13.1. The van der Waals surface area contributed by atoms with Crippen molar-refractivity contribution in [1.82, 2.24) is 0 Å². The van der Waals surface area contributed by atoms with Crippen LogP contribution < -0.4 is 10.2 Å². The maximum absolute atomic E-state index is 13.2. The summed E-state index contributed by atoms with van der Waals surface area (Å²) < 4.78 is 13.2. The summed E-state index contributed by atoms with van der Waals surface area (Å²) in [5.41, 5.74) is 1.79. The number of nitrogens with one attached hydrogen (secondary N) is 1. The summed E-state index contributed by atoms with van der Waals surface area (Å²) >= 11 is 11.8. The van der Waals surface area contributed by atoms with E-state index in [1.165, 1.54) is 12.1 Å². The molecule has 128 valence electrons. The Bertz CT molecular complexity index is 894. The Balaban J connectivity index is 1.89. The SMILES string of the molecule is CCc1ccc(N2C(=O)C(Cl)=C(Nc3ccc(F)c(Cl)c3)C2=O)cc1. The third kappa shape index (κ3) is 3.25. The Labute approximate surface area is 153 Å². The average Bonchev–Trinajstić information content (AvgIpc) is 2.82. The lowest BCUT2D eigenvalue weighted by atomic mass is 10.1. The van der Waals surface area contributed by atoms with E-state index in [-0.39, 0.29) is 15.8 Å². The topological polar surface area (TPSA) is 49.4 Å². The number of imide groups is 1. The van der Waals surface area contributed by atoms with Gasteiger partial charge in [-0.1, -0.05) is 42.3 Å². The molecule has 0 radical (unpaired) electrons. The van der Waals surface area contributed by atoms with Gasteiger partial charge in [0.25, 0.3) is 11.8 Å². The average molecular weight is 379 g/mol. The molecule has 0 aliphatic carbocycles. The van der Waals surface area contributed by atoms with Gasteiger partial charge in [-0.05, 0) is 42.3 Å². The van der Waals surface area contributed by atoms with E-state index in [0.29, 0.717) is 11.4 Å². The van der Waals surface area contributed by atoms with Crippen molar-refractivity contribution in [3.05, 3.63) is 69.6 Å². The Kier molecular flexibility index (Phi) is 4.79. The molecule has 1 aliphatic rings. The van der Waals surface area contributed by atoms with Gasteiger partial charge in [-0.2, -0.15) is 0 Å². The molecule has 2 aromatic rings. The molecule has 7 heteroatoms. The van der Waals surface area contributed by atoms with E-state index >= 15 is 0 Å². The Hall–Kier alpha value is -2.37. The van der Waals surface area contributed by atoms with Gasteiger partial charge in [0.15, 0.2) is 0 Å². The number of carbonyl (C=O) groups is 2. The van der Waals surface area contributed by atoms with E-state index in [1.807, 2.05) is 19.1 Å². The molecular weight excluding hydrogens is 366 g/mol. The fraction of sp³-hybridized carbons (Fsp3) is 0.111. The van der Waals surface area contributed by atoms with Crippen LogP contribution in [0.4, 0.5) is 15.8 Å². The van der Waals surface area contributed by atoms with Gasteiger partial charge in [0.2, 0.25) is 0 Å². The summed E-state index contributed by atoms with van der Waals surface area (Å²) in [6, 6.07) is 10.9. The van der Waals surface area contributed by atoms with Gasteiger partial charge in [-0.25, -0.2) is 9.29 Å². The molecule has 1 N–H and O–H groups in total.